The van der Waals surface area contributed by atoms with E-state index >= 15 is 0 Å². The van der Waals surface area contributed by atoms with Crippen molar-refractivity contribution in [3.05, 3.63) is 36.2 Å². The van der Waals surface area contributed by atoms with E-state index in [1.807, 2.05) is 6.07 Å². The van der Waals surface area contributed by atoms with Crippen molar-refractivity contribution in [2.45, 2.75) is 32.2 Å². The van der Waals surface area contributed by atoms with Gasteiger partial charge in [0.2, 0.25) is 0 Å². The number of nitriles is 1. The molecule has 1 aliphatic carbocycles. The molecular formula is C16H14F3N3O. The van der Waals surface area contributed by atoms with Crippen LogP contribution in [-0.2, 0) is 6.54 Å². The van der Waals surface area contributed by atoms with Gasteiger partial charge in [-0.05, 0) is 37.0 Å². The number of benzene rings is 1. The molecule has 1 saturated carbocycles. The van der Waals surface area contributed by atoms with E-state index in [-0.39, 0.29) is 11.3 Å². The molecule has 0 radical (unpaired) electrons. The van der Waals surface area contributed by atoms with Gasteiger partial charge in [0.25, 0.3) is 0 Å². The van der Waals surface area contributed by atoms with E-state index in [0.29, 0.717) is 17.0 Å². The Morgan fingerprint density at radius 2 is 2.13 bits per heavy atom. The van der Waals surface area contributed by atoms with Gasteiger partial charge in [-0.15, -0.1) is 13.2 Å². The first-order valence-electron chi connectivity index (χ1n) is 7.27. The summed E-state index contributed by atoms with van der Waals surface area (Å²) in [4.78, 5) is 0. The Morgan fingerprint density at radius 1 is 1.35 bits per heavy atom. The summed E-state index contributed by atoms with van der Waals surface area (Å²) >= 11 is 0. The van der Waals surface area contributed by atoms with Crippen LogP contribution in [0.3, 0.4) is 0 Å². The van der Waals surface area contributed by atoms with Crippen LogP contribution in [0.2, 0.25) is 0 Å². The Morgan fingerprint density at radius 3 is 2.74 bits per heavy atom. The van der Waals surface area contributed by atoms with Gasteiger partial charge < -0.3 is 4.74 Å². The molecule has 0 spiro atoms. The first-order chi connectivity index (χ1) is 10.9. The van der Waals surface area contributed by atoms with Crippen molar-refractivity contribution in [2.75, 3.05) is 0 Å². The highest BCUT2D eigenvalue weighted by Crippen LogP contribution is 2.32. The lowest BCUT2D eigenvalue weighted by Gasteiger charge is -2.24. The van der Waals surface area contributed by atoms with Gasteiger partial charge in [0.05, 0.1) is 17.8 Å². The van der Waals surface area contributed by atoms with Crippen LogP contribution in [0, 0.1) is 17.2 Å². The normalized spacial score (nSPS) is 15.0. The lowest BCUT2D eigenvalue weighted by atomic mass is 9.85. The maximum absolute atomic E-state index is 12.3. The first-order valence-corrected chi connectivity index (χ1v) is 7.27. The number of hydrogen-bond donors (Lipinski definition) is 0. The monoisotopic (exact) mass is 321 g/mol. The van der Waals surface area contributed by atoms with E-state index in [4.69, 9.17) is 5.26 Å². The fourth-order valence-electron chi connectivity index (χ4n) is 2.60. The summed E-state index contributed by atoms with van der Waals surface area (Å²) in [5.41, 5.74) is 1.27. The highest BCUT2D eigenvalue weighted by atomic mass is 19.4. The average Bonchev–Trinajstić information content (AvgIpc) is 2.89. The number of nitrogens with zero attached hydrogens (tertiary/aromatic N) is 3. The molecule has 0 unspecified atom stereocenters. The fourth-order valence-corrected chi connectivity index (χ4v) is 2.60. The SMILES string of the molecule is N#Cc1ccc(OC(F)(F)F)cc1-c1cnn(CC2CCC2)c1. The Labute approximate surface area is 131 Å². The molecule has 3 rings (SSSR count). The lowest BCUT2D eigenvalue weighted by molar-refractivity contribution is -0.274. The molecule has 0 saturated heterocycles. The largest absolute Gasteiger partial charge is 0.573 e. The highest BCUT2D eigenvalue weighted by Gasteiger charge is 2.31. The number of aromatic nitrogens is 2. The molecule has 1 aromatic carbocycles. The second kappa shape index (κ2) is 5.95. The van der Waals surface area contributed by atoms with Crippen LogP contribution in [0.15, 0.2) is 30.6 Å². The van der Waals surface area contributed by atoms with E-state index in [1.165, 1.54) is 31.4 Å². The summed E-state index contributed by atoms with van der Waals surface area (Å²) in [7, 11) is 0. The van der Waals surface area contributed by atoms with Gasteiger partial charge in [0.15, 0.2) is 0 Å². The molecule has 1 heterocycles. The summed E-state index contributed by atoms with van der Waals surface area (Å²) in [6.45, 7) is 0.792. The molecule has 2 aromatic rings. The Hall–Kier alpha value is -2.49. The third kappa shape index (κ3) is 3.65. The van der Waals surface area contributed by atoms with Crippen molar-refractivity contribution in [2.24, 2.45) is 5.92 Å². The van der Waals surface area contributed by atoms with Crippen LogP contribution < -0.4 is 4.74 Å². The predicted octanol–water partition coefficient (Wildman–Crippen LogP) is 4.12. The molecule has 1 fully saturated rings. The van der Waals surface area contributed by atoms with Gasteiger partial charge in [-0.2, -0.15) is 10.4 Å². The molecule has 0 bridgehead atoms. The van der Waals surface area contributed by atoms with Crippen molar-refractivity contribution in [1.29, 1.82) is 5.26 Å². The lowest BCUT2D eigenvalue weighted by Crippen LogP contribution is -2.18. The van der Waals surface area contributed by atoms with Crippen LogP contribution in [-0.4, -0.2) is 16.1 Å². The zero-order valence-electron chi connectivity index (χ0n) is 12.2. The zero-order valence-corrected chi connectivity index (χ0v) is 12.2. The van der Waals surface area contributed by atoms with Gasteiger partial charge in [0, 0.05) is 23.9 Å². The molecule has 0 amide bonds. The highest BCUT2D eigenvalue weighted by molar-refractivity contribution is 5.71. The van der Waals surface area contributed by atoms with Crippen LogP contribution in [0.5, 0.6) is 5.75 Å². The maximum atomic E-state index is 12.3. The smallest absolute Gasteiger partial charge is 0.406 e. The van der Waals surface area contributed by atoms with Crippen LogP contribution >= 0.6 is 0 Å². The van der Waals surface area contributed by atoms with E-state index < -0.39 is 6.36 Å². The third-order valence-electron chi connectivity index (χ3n) is 3.96. The quantitative estimate of drug-likeness (QED) is 0.851. The van der Waals surface area contributed by atoms with Crippen molar-refractivity contribution >= 4 is 0 Å². The van der Waals surface area contributed by atoms with E-state index in [0.717, 1.165) is 12.6 Å². The molecule has 23 heavy (non-hydrogen) atoms. The van der Waals surface area contributed by atoms with E-state index in [1.54, 1.807) is 17.1 Å². The van der Waals surface area contributed by atoms with Gasteiger partial charge in [-0.1, -0.05) is 6.42 Å². The number of rotatable bonds is 4. The van der Waals surface area contributed by atoms with Gasteiger partial charge in [-0.3, -0.25) is 4.68 Å². The Bertz CT molecular complexity index is 742. The molecule has 0 aliphatic heterocycles. The number of alkyl halides is 3. The van der Waals surface area contributed by atoms with Crippen LogP contribution in [0.4, 0.5) is 13.2 Å². The molecule has 1 aliphatic rings. The molecular weight excluding hydrogens is 307 g/mol. The van der Waals surface area contributed by atoms with Crippen molar-refractivity contribution in [3.8, 4) is 22.9 Å². The van der Waals surface area contributed by atoms with Gasteiger partial charge in [-0.25, -0.2) is 0 Å². The molecule has 0 atom stereocenters. The van der Waals surface area contributed by atoms with Crippen LogP contribution in [0.1, 0.15) is 24.8 Å². The molecule has 7 heteroatoms. The van der Waals surface area contributed by atoms with Gasteiger partial charge >= 0.3 is 6.36 Å². The fraction of sp³-hybridized carbons (Fsp3) is 0.375. The number of ether oxygens (including phenoxy) is 1. The summed E-state index contributed by atoms with van der Waals surface area (Å²) < 4.78 is 42.7. The summed E-state index contributed by atoms with van der Waals surface area (Å²) in [6.07, 6.45) is 2.13. The Balaban J connectivity index is 1.87. The summed E-state index contributed by atoms with van der Waals surface area (Å²) in [6, 6.07) is 5.65. The topological polar surface area (TPSA) is 50.8 Å². The molecule has 0 N–H and O–H groups in total. The first kappa shape index (κ1) is 15.4. The average molecular weight is 321 g/mol. The standard InChI is InChI=1S/C16H14F3N3O/c17-16(18,19)23-14-5-4-12(7-20)15(6-14)13-8-21-22(10-13)9-11-2-1-3-11/h4-6,8,10-11H,1-3,9H2. The maximum Gasteiger partial charge on any atom is 0.573 e. The number of hydrogen-bond acceptors (Lipinski definition) is 3. The van der Waals surface area contributed by atoms with Crippen molar-refractivity contribution in [1.82, 2.24) is 9.78 Å². The number of halogens is 3. The molecule has 4 nitrogen and oxygen atoms in total. The minimum absolute atomic E-state index is 0.280. The van der Waals surface area contributed by atoms with Gasteiger partial charge in [0.1, 0.15) is 5.75 Å². The van der Waals surface area contributed by atoms with Crippen LogP contribution in [0.25, 0.3) is 11.1 Å². The van der Waals surface area contributed by atoms with Crippen molar-refractivity contribution < 1.29 is 17.9 Å². The third-order valence-corrected chi connectivity index (χ3v) is 3.96. The molecule has 120 valence electrons. The van der Waals surface area contributed by atoms with Crippen molar-refractivity contribution in [3.63, 3.8) is 0 Å². The second-order valence-corrected chi connectivity index (χ2v) is 5.61. The minimum Gasteiger partial charge on any atom is -0.406 e. The van der Waals surface area contributed by atoms with E-state index in [2.05, 4.69) is 9.84 Å². The zero-order chi connectivity index (χ0) is 16.4. The molecule has 1 aromatic heterocycles. The summed E-state index contributed by atoms with van der Waals surface area (Å²) in [5.74, 6) is 0.260. The Kier molecular flexibility index (Phi) is 3.99. The predicted molar refractivity (Wildman–Crippen MR) is 76.4 cm³/mol. The van der Waals surface area contributed by atoms with E-state index in [9.17, 15) is 13.2 Å². The minimum atomic E-state index is -4.76. The summed E-state index contributed by atoms with van der Waals surface area (Å²) in [5, 5.41) is 13.4. The second-order valence-electron chi connectivity index (χ2n) is 5.61.